The van der Waals surface area contributed by atoms with E-state index in [4.69, 9.17) is 0 Å². The molecule has 1 aliphatic heterocycles. The van der Waals surface area contributed by atoms with Gasteiger partial charge in [-0.25, -0.2) is 0 Å². The molecule has 0 aromatic carbocycles. The van der Waals surface area contributed by atoms with Gasteiger partial charge in [-0.3, -0.25) is 4.79 Å². The summed E-state index contributed by atoms with van der Waals surface area (Å²) in [4.78, 5) is 13.2. The van der Waals surface area contributed by atoms with Crippen LogP contribution in [0.15, 0.2) is 0 Å². The summed E-state index contributed by atoms with van der Waals surface area (Å²) in [5, 5.41) is 0. The van der Waals surface area contributed by atoms with Crippen molar-refractivity contribution < 1.29 is 4.79 Å². The summed E-state index contributed by atoms with van der Waals surface area (Å²) in [7, 11) is 0. The third-order valence-electron chi connectivity index (χ3n) is 4.18. The van der Waals surface area contributed by atoms with Crippen LogP contribution in [0.3, 0.4) is 0 Å². The fraction of sp³-hybridized carbons (Fsp3) is 0.917. The van der Waals surface area contributed by atoms with Crippen LogP contribution in [0.2, 0.25) is 0 Å². The molecule has 80 valence electrons. The third-order valence-corrected chi connectivity index (χ3v) is 4.18. The summed E-state index contributed by atoms with van der Waals surface area (Å²) in [6.07, 6.45) is 9.61. The highest BCUT2D eigenvalue weighted by atomic mass is 16.2. The quantitative estimate of drug-likeness (QED) is 0.582. The Kier molecular flexibility index (Phi) is 2.80. The first-order valence-corrected chi connectivity index (χ1v) is 5.97. The molecule has 14 heavy (non-hydrogen) atoms. The molecular formula is C12H21NO. The van der Waals surface area contributed by atoms with Gasteiger partial charge in [0, 0.05) is 20.0 Å². The molecule has 0 atom stereocenters. The second-order valence-electron chi connectivity index (χ2n) is 5.07. The van der Waals surface area contributed by atoms with Crippen LogP contribution < -0.4 is 0 Å². The van der Waals surface area contributed by atoms with E-state index in [2.05, 4.69) is 0 Å². The molecule has 1 heterocycles. The van der Waals surface area contributed by atoms with Gasteiger partial charge >= 0.3 is 0 Å². The maximum absolute atomic E-state index is 11.2. The number of carbonyl (C=O) groups is 1. The molecule has 0 N–H and O–H groups in total. The van der Waals surface area contributed by atoms with Crippen molar-refractivity contribution in [3.8, 4) is 0 Å². The summed E-state index contributed by atoms with van der Waals surface area (Å²) in [5.41, 5.74) is 0.629. The number of hydrogen-bond acceptors (Lipinski definition) is 1. The van der Waals surface area contributed by atoms with Gasteiger partial charge in [0.2, 0.25) is 5.91 Å². The molecule has 0 radical (unpaired) electrons. The number of amides is 1. The van der Waals surface area contributed by atoms with Crippen molar-refractivity contribution in [3.63, 3.8) is 0 Å². The molecule has 2 fully saturated rings. The molecule has 0 unspecified atom stereocenters. The smallest absolute Gasteiger partial charge is 0.219 e. The SMILES string of the molecule is CC(=O)N1CCC2(CCCCC2)CC1. The summed E-state index contributed by atoms with van der Waals surface area (Å²) < 4.78 is 0. The van der Waals surface area contributed by atoms with E-state index < -0.39 is 0 Å². The lowest BCUT2D eigenvalue weighted by atomic mass is 9.68. The molecule has 0 aromatic heterocycles. The highest BCUT2D eigenvalue weighted by Crippen LogP contribution is 2.44. The Morgan fingerprint density at radius 2 is 1.57 bits per heavy atom. The molecule has 1 saturated carbocycles. The van der Waals surface area contributed by atoms with Crippen molar-refractivity contribution >= 4 is 5.91 Å². The molecule has 2 heteroatoms. The molecule has 0 aromatic rings. The van der Waals surface area contributed by atoms with E-state index in [0.29, 0.717) is 5.41 Å². The zero-order chi connectivity index (χ0) is 10.0. The number of piperidine rings is 1. The second-order valence-corrected chi connectivity index (χ2v) is 5.07. The molecule has 2 aliphatic rings. The van der Waals surface area contributed by atoms with Crippen molar-refractivity contribution in [2.45, 2.75) is 51.9 Å². The van der Waals surface area contributed by atoms with E-state index >= 15 is 0 Å². The summed E-state index contributed by atoms with van der Waals surface area (Å²) >= 11 is 0. The average molecular weight is 195 g/mol. The molecule has 1 aliphatic carbocycles. The number of carbonyl (C=O) groups excluding carboxylic acids is 1. The highest BCUT2D eigenvalue weighted by molar-refractivity contribution is 5.73. The Hall–Kier alpha value is -0.530. The minimum absolute atomic E-state index is 0.260. The minimum Gasteiger partial charge on any atom is -0.343 e. The van der Waals surface area contributed by atoms with E-state index in [-0.39, 0.29) is 5.91 Å². The van der Waals surface area contributed by atoms with Gasteiger partial charge < -0.3 is 4.90 Å². The summed E-state index contributed by atoms with van der Waals surface area (Å²) in [6.45, 7) is 3.71. The van der Waals surface area contributed by atoms with Gasteiger partial charge in [0.05, 0.1) is 0 Å². The first-order chi connectivity index (χ1) is 6.72. The summed E-state index contributed by atoms with van der Waals surface area (Å²) in [5.74, 6) is 0.260. The monoisotopic (exact) mass is 195 g/mol. The first-order valence-electron chi connectivity index (χ1n) is 5.97. The number of hydrogen-bond donors (Lipinski definition) is 0. The Morgan fingerprint density at radius 3 is 2.07 bits per heavy atom. The topological polar surface area (TPSA) is 20.3 Å². The van der Waals surface area contributed by atoms with Gasteiger partial charge in [-0.2, -0.15) is 0 Å². The third kappa shape index (κ3) is 1.94. The molecule has 2 nitrogen and oxygen atoms in total. The standard InChI is InChI=1S/C12H21NO/c1-11(14)13-9-7-12(8-10-13)5-3-2-4-6-12/h2-10H2,1H3. The highest BCUT2D eigenvalue weighted by Gasteiger charge is 2.35. The molecule has 1 spiro atoms. The largest absolute Gasteiger partial charge is 0.343 e. The molecule has 2 rings (SSSR count). The maximum Gasteiger partial charge on any atom is 0.219 e. The Balaban J connectivity index is 1.90. The van der Waals surface area contributed by atoms with Crippen LogP contribution in [0, 0.1) is 5.41 Å². The van der Waals surface area contributed by atoms with E-state index in [1.807, 2.05) is 4.90 Å². The lowest BCUT2D eigenvalue weighted by Gasteiger charge is -2.44. The van der Waals surface area contributed by atoms with Crippen molar-refractivity contribution in [1.29, 1.82) is 0 Å². The van der Waals surface area contributed by atoms with Gasteiger partial charge in [-0.15, -0.1) is 0 Å². The van der Waals surface area contributed by atoms with E-state index in [0.717, 1.165) is 13.1 Å². The fourth-order valence-corrected chi connectivity index (χ4v) is 3.10. The molecule has 1 amide bonds. The Bertz CT molecular complexity index is 208. The van der Waals surface area contributed by atoms with Crippen LogP contribution in [0.4, 0.5) is 0 Å². The van der Waals surface area contributed by atoms with Crippen molar-refractivity contribution in [1.82, 2.24) is 4.90 Å². The molecular weight excluding hydrogens is 174 g/mol. The van der Waals surface area contributed by atoms with Crippen molar-refractivity contribution in [2.24, 2.45) is 5.41 Å². The maximum atomic E-state index is 11.2. The zero-order valence-electron chi connectivity index (χ0n) is 9.22. The lowest BCUT2D eigenvalue weighted by Crippen LogP contribution is -2.43. The second kappa shape index (κ2) is 3.92. The Morgan fingerprint density at radius 1 is 1.00 bits per heavy atom. The van der Waals surface area contributed by atoms with Crippen LogP contribution in [-0.2, 0) is 4.79 Å². The number of nitrogens with zero attached hydrogens (tertiary/aromatic N) is 1. The normalized spacial score (nSPS) is 26.5. The van der Waals surface area contributed by atoms with Crippen LogP contribution in [0.25, 0.3) is 0 Å². The predicted molar refractivity (Wildman–Crippen MR) is 57.0 cm³/mol. The lowest BCUT2D eigenvalue weighted by molar-refractivity contribution is -0.131. The van der Waals surface area contributed by atoms with Crippen LogP contribution in [0.1, 0.15) is 51.9 Å². The van der Waals surface area contributed by atoms with Gasteiger partial charge in [-0.05, 0) is 31.1 Å². The predicted octanol–water partition coefficient (Wildman–Crippen LogP) is 2.58. The summed E-state index contributed by atoms with van der Waals surface area (Å²) in [6, 6.07) is 0. The van der Waals surface area contributed by atoms with E-state index in [1.165, 1.54) is 44.9 Å². The van der Waals surface area contributed by atoms with Gasteiger partial charge in [0.25, 0.3) is 0 Å². The van der Waals surface area contributed by atoms with Gasteiger partial charge in [0.15, 0.2) is 0 Å². The first kappa shape index (κ1) is 10.0. The minimum atomic E-state index is 0.260. The molecule has 0 bridgehead atoms. The van der Waals surface area contributed by atoms with Gasteiger partial charge in [-0.1, -0.05) is 19.3 Å². The Labute approximate surface area is 86.7 Å². The van der Waals surface area contributed by atoms with Gasteiger partial charge in [0.1, 0.15) is 0 Å². The molecule has 1 saturated heterocycles. The zero-order valence-corrected chi connectivity index (χ0v) is 9.22. The van der Waals surface area contributed by atoms with Crippen molar-refractivity contribution in [3.05, 3.63) is 0 Å². The fourth-order valence-electron chi connectivity index (χ4n) is 3.10. The van der Waals surface area contributed by atoms with Crippen LogP contribution in [0.5, 0.6) is 0 Å². The van der Waals surface area contributed by atoms with Crippen LogP contribution in [-0.4, -0.2) is 23.9 Å². The number of likely N-dealkylation sites (tertiary alicyclic amines) is 1. The number of rotatable bonds is 0. The average Bonchev–Trinajstić information content (AvgIpc) is 2.19. The van der Waals surface area contributed by atoms with E-state index in [9.17, 15) is 4.79 Å². The van der Waals surface area contributed by atoms with Crippen molar-refractivity contribution in [2.75, 3.05) is 13.1 Å². The van der Waals surface area contributed by atoms with E-state index in [1.54, 1.807) is 6.92 Å². The van der Waals surface area contributed by atoms with Crippen LogP contribution >= 0.6 is 0 Å².